The van der Waals surface area contributed by atoms with Crippen LogP contribution in [-0.4, -0.2) is 56.0 Å². The van der Waals surface area contributed by atoms with Crippen molar-refractivity contribution < 1.29 is 14.7 Å². The van der Waals surface area contributed by atoms with E-state index in [0.29, 0.717) is 25.1 Å². The number of likely N-dealkylation sites (N-methyl/N-ethyl adjacent to an activating group) is 1. The van der Waals surface area contributed by atoms with Gasteiger partial charge in [-0.2, -0.15) is 0 Å². The third-order valence-electron chi connectivity index (χ3n) is 4.83. The summed E-state index contributed by atoms with van der Waals surface area (Å²) in [6, 6.07) is 15.6. The normalized spacial score (nSPS) is 13.4. The van der Waals surface area contributed by atoms with Crippen molar-refractivity contribution in [3.8, 4) is 0 Å². The van der Waals surface area contributed by atoms with Gasteiger partial charge in [-0.1, -0.05) is 36.4 Å². The summed E-state index contributed by atoms with van der Waals surface area (Å²) in [5, 5.41) is 13.6. The smallest absolute Gasteiger partial charge is 0.404 e. The first-order valence-corrected chi connectivity index (χ1v) is 9.93. The highest BCUT2D eigenvalue weighted by atomic mass is 16.4. The van der Waals surface area contributed by atoms with Gasteiger partial charge in [0.05, 0.1) is 12.3 Å². The number of carboxylic acid groups (broad SMARTS) is 1. The SMILES string of the molecule is CN1CCN=C(/C=C/c2ccc(C(=O)NCCCNC(=O)O)cc2)c2ccccc21. The van der Waals surface area contributed by atoms with Gasteiger partial charge in [-0.05, 0) is 36.3 Å². The van der Waals surface area contributed by atoms with Crippen molar-refractivity contribution in [2.75, 3.05) is 38.1 Å². The quantitative estimate of drug-likeness (QED) is 0.616. The van der Waals surface area contributed by atoms with Crippen molar-refractivity contribution in [2.45, 2.75) is 6.42 Å². The first kappa shape index (κ1) is 21.1. The number of benzodiazepines with no additional fused rings is 1. The van der Waals surface area contributed by atoms with E-state index >= 15 is 0 Å². The van der Waals surface area contributed by atoms with Crippen LogP contribution in [0.2, 0.25) is 0 Å². The number of allylic oxidation sites excluding steroid dienone is 1. The molecule has 0 saturated heterocycles. The molecule has 0 unspecified atom stereocenters. The second-order valence-corrected chi connectivity index (χ2v) is 7.00. The Morgan fingerprint density at radius 1 is 1.07 bits per heavy atom. The number of nitrogens with one attached hydrogen (secondary N) is 2. The Morgan fingerprint density at radius 3 is 2.57 bits per heavy atom. The lowest BCUT2D eigenvalue weighted by Crippen LogP contribution is -2.29. The van der Waals surface area contributed by atoms with Gasteiger partial charge in [-0.25, -0.2) is 4.79 Å². The number of rotatable bonds is 7. The Labute approximate surface area is 176 Å². The Hall–Kier alpha value is -3.61. The van der Waals surface area contributed by atoms with E-state index in [0.717, 1.165) is 29.9 Å². The van der Waals surface area contributed by atoms with Crippen molar-refractivity contribution in [1.29, 1.82) is 0 Å². The molecule has 0 atom stereocenters. The van der Waals surface area contributed by atoms with Crippen molar-refractivity contribution in [3.63, 3.8) is 0 Å². The minimum absolute atomic E-state index is 0.175. The van der Waals surface area contributed by atoms with Gasteiger partial charge < -0.3 is 20.6 Å². The molecule has 3 N–H and O–H groups in total. The summed E-state index contributed by atoms with van der Waals surface area (Å²) >= 11 is 0. The van der Waals surface area contributed by atoms with E-state index in [1.807, 2.05) is 36.4 Å². The Morgan fingerprint density at radius 2 is 1.80 bits per heavy atom. The first-order valence-electron chi connectivity index (χ1n) is 9.93. The number of hydrogen-bond acceptors (Lipinski definition) is 4. The molecule has 1 heterocycles. The van der Waals surface area contributed by atoms with Gasteiger partial charge in [0.1, 0.15) is 0 Å². The zero-order chi connectivity index (χ0) is 21.3. The summed E-state index contributed by atoms with van der Waals surface area (Å²) in [6.07, 6.45) is 3.50. The molecule has 3 rings (SSSR count). The van der Waals surface area contributed by atoms with Crippen LogP contribution in [0.5, 0.6) is 0 Å². The van der Waals surface area contributed by atoms with Crippen LogP contribution in [0.15, 0.2) is 59.6 Å². The summed E-state index contributed by atoms with van der Waals surface area (Å²) in [4.78, 5) is 29.5. The third-order valence-corrected chi connectivity index (χ3v) is 4.83. The van der Waals surface area contributed by atoms with Crippen LogP contribution >= 0.6 is 0 Å². The van der Waals surface area contributed by atoms with Gasteiger partial charge >= 0.3 is 6.09 Å². The molecule has 2 aromatic rings. The van der Waals surface area contributed by atoms with E-state index in [2.05, 4.69) is 34.7 Å². The number of aliphatic imine (C=N–C) groups is 1. The van der Waals surface area contributed by atoms with Gasteiger partial charge in [0, 0.05) is 43.5 Å². The van der Waals surface area contributed by atoms with E-state index in [4.69, 9.17) is 10.1 Å². The van der Waals surface area contributed by atoms with E-state index in [9.17, 15) is 9.59 Å². The highest BCUT2D eigenvalue weighted by molar-refractivity contribution is 6.14. The topological polar surface area (TPSA) is 94.0 Å². The van der Waals surface area contributed by atoms with E-state index in [-0.39, 0.29) is 5.91 Å². The number of fused-ring (bicyclic) bond motifs is 1. The molecule has 7 nitrogen and oxygen atoms in total. The maximum atomic E-state index is 12.2. The summed E-state index contributed by atoms with van der Waals surface area (Å²) in [5.41, 5.74) is 4.78. The van der Waals surface area contributed by atoms with Gasteiger partial charge in [0.25, 0.3) is 5.91 Å². The monoisotopic (exact) mass is 406 g/mol. The number of anilines is 1. The standard InChI is InChI=1S/C23H26N4O3/c1-27-16-15-24-20(19-5-2-3-6-21(19)27)12-9-17-7-10-18(11-8-17)22(28)25-13-4-14-26-23(29)30/h2-3,5-12,26H,4,13-16H2,1H3,(H,25,28)(H,29,30)/b12-9+. The van der Waals surface area contributed by atoms with E-state index in [1.165, 1.54) is 5.69 Å². The van der Waals surface area contributed by atoms with Crippen molar-refractivity contribution in [3.05, 3.63) is 71.3 Å². The Balaban J connectivity index is 1.60. The lowest BCUT2D eigenvalue weighted by atomic mass is 10.0. The van der Waals surface area contributed by atoms with Crippen molar-refractivity contribution in [1.82, 2.24) is 10.6 Å². The third kappa shape index (κ3) is 5.70. The van der Waals surface area contributed by atoms with Crippen LogP contribution in [0.4, 0.5) is 10.5 Å². The predicted octanol–water partition coefficient (Wildman–Crippen LogP) is 3.03. The number of benzene rings is 2. The van der Waals surface area contributed by atoms with Crippen LogP contribution in [0.25, 0.3) is 6.08 Å². The maximum Gasteiger partial charge on any atom is 0.404 e. The highest BCUT2D eigenvalue weighted by Gasteiger charge is 2.13. The largest absolute Gasteiger partial charge is 0.465 e. The lowest BCUT2D eigenvalue weighted by molar-refractivity contribution is 0.0953. The fraction of sp³-hybridized carbons (Fsp3) is 0.261. The fourth-order valence-electron chi connectivity index (χ4n) is 3.20. The molecule has 0 fully saturated rings. The molecule has 2 amide bonds. The second kappa shape index (κ2) is 10.2. The molecule has 0 aliphatic carbocycles. The molecular formula is C23H26N4O3. The van der Waals surface area contributed by atoms with Crippen LogP contribution < -0.4 is 15.5 Å². The predicted molar refractivity (Wildman–Crippen MR) is 120 cm³/mol. The van der Waals surface area contributed by atoms with E-state index in [1.54, 1.807) is 12.1 Å². The number of hydrogen-bond donors (Lipinski definition) is 3. The lowest BCUT2D eigenvalue weighted by Gasteiger charge is -2.18. The molecular weight excluding hydrogens is 380 g/mol. The minimum Gasteiger partial charge on any atom is -0.465 e. The fourth-order valence-corrected chi connectivity index (χ4v) is 3.20. The van der Waals surface area contributed by atoms with Gasteiger partial charge in [-0.15, -0.1) is 0 Å². The molecule has 0 aromatic heterocycles. The molecule has 1 aliphatic heterocycles. The molecule has 156 valence electrons. The molecule has 1 aliphatic rings. The minimum atomic E-state index is -1.06. The van der Waals surface area contributed by atoms with Crippen LogP contribution in [0.3, 0.4) is 0 Å². The summed E-state index contributed by atoms with van der Waals surface area (Å²) in [7, 11) is 2.08. The number of para-hydroxylation sites is 1. The van der Waals surface area contributed by atoms with Gasteiger partial charge in [0.15, 0.2) is 0 Å². The van der Waals surface area contributed by atoms with Crippen LogP contribution in [-0.2, 0) is 0 Å². The van der Waals surface area contributed by atoms with Crippen molar-refractivity contribution >= 4 is 29.5 Å². The molecule has 0 bridgehead atoms. The Kier molecular flexibility index (Phi) is 7.21. The zero-order valence-electron chi connectivity index (χ0n) is 17.0. The zero-order valence-corrected chi connectivity index (χ0v) is 17.0. The van der Waals surface area contributed by atoms with Crippen molar-refractivity contribution in [2.24, 2.45) is 4.99 Å². The molecule has 7 heteroatoms. The van der Waals surface area contributed by atoms with Gasteiger partial charge in [0.2, 0.25) is 0 Å². The summed E-state index contributed by atoms with van der Waals surface area (Å²) in [6.45, 7) is 2.34. The molecule has 0 radical (unpaired) electrons. The van der Waals surface area contributed by atoms with Crippen LogP contribution in [0, 0.1) is 0 Å². The number of carbonyl (C=O) groups excluding carboxylic acids is 1. The first-order chi connectivity index (χ1) is 14.5. The molecule has 30 heavy (non-hydrogen) atoms. The summed E-state index contributed by atoms with van der Waals surface area (Å²) < 4.78 is 0. The molecule has 0 spiro atoms. The Bertz CT molecular complexity index is 951. The maximum absolute atomic E-state index is 12.2. The number of amides is 2. The van der Waals surface area contributed by atoms with Crippen LogP contribution in [0.1, 0.15) is 27.9 Å². The number of carbonyl (C=O) groups is 2. The molecule has 2 aromatic carbocycles. The summed E-state index contributed by atoms with van der Waals surface area (Å²) in [5.74, 6) is -0.175. The highest BCUT2D eigenvalue weighted by Crippen LogP contribution is 2.23. The van der Waals surface area contributed by atoms with Gasteiger partial charge in [-0.3, -0.25) is 9.79 Å². The number of nitrogens with zero attached hydrogens (tertiary/aromatic N) is 2. The molecule has 0 saturated carbocycles. The van der Waals surface area contributed by atoms with E-state index < -0.39 is 6.09 Å². The average molecular weight is 406 g/mol. The second-order valence-electron chi connectivity index (χ2n) is 7.00. The average Bonchev–Trinajstić information content (AvgIpc) is 2.91.